The Morgan fingerprint density at radius 1 is 1.24 bits per heavy atom. The van der Waals surface area contributed by atoms with E-state index in [4.69, 9.17) is 11.6 Å². The summed E-state index contributed by atoms with van der Waals surface area (Å²) < 4.78 is 0. The number of aromatic nitrogens is 1. The lowest BCUT2D eigenvalue weighted by atomic mass is 10.1. The zero-order valence-corrected chi connectivity index (χ0v) is 13.4. The van der Waals surface area contributed by atoms with Gasteiger partial charge in [0.05, 0.1) is 5.02 Å². The molecule has 0 bridgehead atoms. The quantitative estimate of drug-likeness (QED) is 0.880. The van der Waals surface area contributed by atoms with Crippen LogP contribution in [0.5, 0.6) is 0 Å². The first-order valence-corrected chi connectivity index (χ1v) is 8.32. The van der Waals surface area contributed by atoms with Gasteiger partial charge in [0.2, 0.25) is 0 Å². The molecule has 2 heterocycles. The normalized spacial score (nSPS) is 18.2. The van der Waals surface area contributed by atoms with Crippen molar-refractivity contribution < 1.29 is 0 Å². The smallest absolute Gasteiger partial charge is 0.0705 e. The number of likely N-dealkylation sites (tertiary alicyclic amines) is 1. The molecule has 0 spiro atoms. The van der Waals surface area contributed by atoms with Gasteiger partial charge in [0.1, 0.15) is 0 Å². The molecule has 1 aliphatic heterocycles. The van der Waals surface area contributed by atoms with Gasteiger partial charge in [-0.2, -0.15) is 0 Å². The summed E-state index contributed by atoms with van der Waals surface area (Å²) in [7, 11) is 0. The number of piperidine rings is 1. The van der Waals surface area contributed by atoms with Crippen LogP contribution < -0.4 is 5.32 Å². The molecule has 1 saturated heterocycles. The zero-order valence-electron chi connectivity index (χ0n) is 12.7. The van der Waals surface area contributed by atoms with Gasteiger partial charge in [-0.15, -0.1) is 0 Å². The van der Waals surface area contributed by atoms with E-state index in [2.05, 4.69) is 34.3 Å². The van der Waals surface area contributed by atoms with Crippen LogP contribution in [0.25, 0.3) is 10.9 Å². The van der Waals surface area contributed by atoms with Gasteiger partial charge in [-0.3, -0.25) is 0 Å². The summed E-state index contributed by atoms with van der Waals surface area (Å²) in [6, 6.07) is 8.67. The first-order valence-electron chi connectivity index (χ1n) is 7.95. The van der Waals surface area contributed by atoms with Crippen LogP contribution in [-0.4, -0.2) is 35.6 Å². The van der Waals surface area contributed by atoms with Gasteiger partial charge >= 0.3 is 0 Å². The molecule has 1 atom stereocenters. The lowest BCUT2D eigenvalue weighted by Crippen LogP contribution is -2.41. The number of hydrogen-bond acceptors (Lipinski definition) is 2. The fraction of sp³-hybridized carbons (Fsp3) is 0.529. The summed E-state index contributed by atoms with van der Waals surface area (Å²) in [5, 5.41) is 5.55. The fourth-order valence-electron chi connectivity index (χ4n) is 3.16. The molecular formula is C17H24ClN3. The second kappa shape index (κ2) is 6.82. The Labute approximate surface area is 131 Å². The highest BCUT2D eigenvalue weighted by Gasteiger charge is 2.14. The zero-order chi connectivity index (χ0) is 14.7. The first kappa shape index (κ1) is 14.9. The fourth-order valence-corrected chi connectivity index (χ4v) is 3.43. The molecule has 1 aliphatic rings. The molecule has 0 aliphatic carbocycles. The predicted molar refractivity (Wildman–Crippen MR) is 89.9 cm³/mol. The van der Waals surface area contributed by atoms with E-state index in [1.165, 1.54) is 32.4 Å². The maximum atomic E-state index is 6.45. The van der Waals surface area contributed by atoms with E-state index in [9.17, 15) is 0 Å². The average Bonchev–Trinajstić information content (AvgIpc) is 2.83. The monoisotopic (exact) mass is 305 g/mol. The molecule has 2 aromatic rings. The van der Waals surface area contributed by atoms with Crippen LogP contribution in [0.4, 0.5) is 0 Å². The molecule has 2 N–H and O–H groups in total. The molecule has 0 amide bonds. The van der Waals surface area contributed by atoms with Crippen LogP contribution in [0.2, 0.25) is 5.02 Å². The van der Waals surface area contributed by atoms with Crippen molar-refractivity contribution in [1.29, 1.82) is 0 Å². The summed E-state index contributed by atoms with van der Waals surface area (Å²) in [4.78, 5) is 5.98. The van der Waals surface area contributed by atoms with Crippen molar-refractivity contribution in [2.24, 2.45) is 0 Å². The van der Waals surface area contributed by atoms with Gasteiger partial charge < -0.3 is 15.2 Å². The minimum Gasteiger partial charge on any atom is -0.356 e. The lowest BCUT2D eigenvalue weighted by molar-refractivity contribution is 0.208. The second-order valence-corrected chi connectivity index (χ2v) is 6.48. The van der Waals surface area contributed by atoms with E-state index in [1.54, 1.807) is 0 Å². The maximum absolute atomic E-state index is 6.45. The third-order valence-corrected chi connectivity index (χ3v) is 4.75. The van der Waals surface area contributed by atoms with Crippen molar-refractivity contribution in [1.82, 2.24) is 15.2 Å². The summed E-state index contributed by atoms with van der Waals surface area (Å²) in [6.07, 6.45) is 4.09. The molecule has 4 heteroatoms. The highest BCUT2D eigenvalue weighted by Crippen LogP contribution is 2.27. The minimum atomic E-state index is 0.477. The second-order valence-electron chi connectivity index (χ2n) is 6.11. The molecule has 1 unspecified atom stereocenters. The molecule has 1 aromatic heterocycles. The SMILES string of the molecule is CC(CN1CCCCC1)NCc1[nH]c2ccccc2c1Cl. The van der Waals surface area contributed by atoms with Gasteiger partial charge in [0.25, 0.3) is 0 Å². The van der Waals surface area contributed by atoms with Gasteiger partial charge in [0, 0.05) is 35.7 Å². The van der Waals surface area contributed by atoms with Gasteiger partial charge in [0.15, 0.2) is 0 Å². The molecule has 1 aromatic carbocycles. The largest absolute Gasteiger partial charge is 0.356 e. The summed E-state index contributed by atoms with van der Waals surface area (Å²) in [6.45, 7) is 6.67. The number of rotatable bonds is 5. The van der Waals surface area contributed by atoms with E-state index in [0.717, 1.165) is 34.7 Å². The van der Waals surface area contributed by atoms with Crippen LogP contribution >= 0.6 is 11.6 Å². The summed E-state index contributed by atoms with van der Waals surface area (Å²) in [5.41, 5.74) is 2.20. The molecule has 114 valence electrons. The van der Waals surface area contributed by atoms with Crippen molar-refractivity contribution in [3.63, 3.8) is 0 Å². The first-order chi connectivity index (χ1) is 10.2. The van der Waals surface area contributed by atoms with E-state index >= 15 is 0 Å². The average molecular weight is 306 g/mol. The Balaban J connectivity index is 1.56. The van der Waals surface area contributed by atoms with E-state index < -0.39 is 0 Å². The van der Waals surface area contributed by atoms with E-state index in [1.807, 2.05) is 12.1 Å². The molecular weight excluding hydrogens is 282 g/mol. The minimum absolute atomic E-state index is 0.477. The van der Waals surface area contributed by atoms with Crippen molar-refractivity contribution in [2.45, 2.75) is 38.8 Å². The third kappa shape index (κ3) is 3.60. The Bertz CT molecular complexity index is 587. The molecule has 3 nitrogen and oxygen atoms in total. The van der Waals surface area contributed by atoms with Gasteiger partial charge in [-0.25, -0.2) is 0 Å². The highest BCUT2D eigenvalue weighted by molar-refractivity contribution is 6.36. The Morgan fingerprint density at radius 2 is 2.00 bits per heavy atom. The number of fused-ring (bicyclic) bond motifs is 1. The lowest BCUT2D eigenvalue weighted by Gasteiger charge is -2.29. The highest BCUT2D eigenvalue weighted by atomic mass is 35.5. The van der Waals surface area contributed by atoms with Crippen molar-refractivity contribution in [3.8, 4) is 0 Å². The van der Waals surface area contributed by atoms with Gasteiger partial charge in [-0.1, -0.05) is 36.2 Å². The van der Waals surface area contributed by atoms with Crippen molar-refractivity contribution in [3.05, 3.63) is 35.0 Å². The van der Waals surface area contributed by atoms with Gasteiger partial charge in [-0.05, 0) is 38.9 Å². The number of nitrogens with zero attached hydrogens (tertiary/aromatic N) is 1. The number of hydrogen-bond donors (Lipinski definition) is 2. The number of benzene rings is 1. The number of para-hydroxylation sites is 1. The number of aromatic amines is 1. The molecule has 21 heavy (non-hydrogen) atoms. The van der Waals surface area contributed by atoms with Crippen molar-refractivity contribution in [2.75, 3.05) is 19.6 Å². The molecule has 0 radical (unpaired) electrons. The van der Waals surface area contributed by atoms with Crippen LogP contribution in [0.15, 0.2) is 24.3 Å². The van der Waals surface area contributed by atoms with E-state index in [-0.39, 0.29) is 0 Å². The van der Waals surface area contributed by atoms with Crippen LogP contribution in [0, 0.1) is 0 Å². The summed E-state index contributed by atoms with van der Waals surface area (Å²) >= 11 is 6.45. The van der Waals surface area contributed by atoms with E-state index in [0.29, 0.717) is 6.04 Å². The molecule has 3 rings (SSSR count). The number of halogens is 1. The predicted octanol–water partition coefficient (Wildman–Crippen LogP) is 3.79. The number of nitrogens with one attached hydrogen (secondary N) is 2. The Morgan fingerprint density at radius 3 is 2.76 bits per heavy atom. The number of H-pyrrole nitrogens is 1. The maximum Gasteiger partial charge on any atom is 0.0705 e. The van der Waals surface area contributed by atoms with Crippen LogP contribution in [0.3, 0.4) is 0 Å². The van der Waals surface area contributed by atoms with Crippen molar-refractivity contribution >= 4 is 22.5 Å². The Hall–Kier alpha value is -1.03. The summed E-state index contributed by atoms with van der Waals surface area (Å²) in [5.74, 6) is 0. The third-order valence-electron chi connectivity index (χ3n) is 4.32. The standard InChI is InChI=1S/C17H24ClN3/c1-13(12-21-9-5-2-6-10-21)19-11-16-17(18)14-7-3-4-8-15(14)20-16/h3-4,7-8,13,19-20H,2,5-6,9-12H2,1H3. The van der Waals surface area contributed by atoms with Crippen LogP contribution in [0.1, 0.15) is 31.9 Å². The molecule has 0 saturated carbocycles. The van der Waals surface area contributed by atoms with Crippen LogP contribution in [-0.2, 0) is 6.54 Å². The Kier molecular flexibility index (Phi) is 4.84. The molecule has 1 fully saturated rings. The topological polar surface area (TPSA) is 31.1 Å².